The summed E-state index contributed by atoms with van der Waals surface area (Å²) in [5.41, 5.74) is 6.49. The lowest BCUT2D eigenvalue weighted by Gasteiger charge is -2.30. The second kappa shape index (κ2) is 6.67. The maximum absolute atomic E-state index is 6.23. The zero-order valence-corrected chi connectivity index (χ0v) is 14.5. The van der Waals surface area contributed by atoms with Crippen LogP contribution in [-0.2, 0) is 0 Å². The van der Waals surface area contributed by atoms with E-state index < -0.39 is 0 Å². The van der Waals surface area contributed by atoms with Gasteiger partial charge in [-0.15, -0.1) is 0 Å². The van der Waals surface area contributed by atoms with Crippen LogP contribution in [0.25, 0.3) is 11.4 Å². The summed E-state index contributed by atoms with van der Waals surface area (Å²) in [5, 5.41) is 1.08. The predicted molar refractivity (Wildman–Crippen MR) is 92.4 cm³/mol. The minimum absolute atomic E-state index is 0.155. The summed E-state index contributed by atoms with van der Waals surface area (Å²) >= 11 is 12.3. The highest BCUT2D eigenvalue weighted by Crippen LogP contribution is 2.29. The summed E-state index contributed by atoms with van der Waals surface area (Å²) < 4.78 is 0. The third-order valence-corrected chi connectivity index (χ3v) is 3.72. The highest BCUT2D eigenvalue weighted by molar-refractivity contribution is 6.35. The molecule has 118 valence electrons. The molecule has 0 spiro atoms. The van der Waals surface area contributed by atoms with Crippen LogP contribution in [-0.4, -0.2) is 27.0 Å². The highest BCUT2D eigenvalue weighted by Gasteiger charge is 2.20. The fraction of sp³-hybridized carbons (Fsp3) is 0.400. The minimum Gasteiger partial charge on any atom is -0.368 e. The summed E-state index contributed by atoms with van der Waals surface area (Å²) in [6.07, 6.45) is 0. The van der Waals surface area contributed by atoms with Crippen molar-refractivity contribution in [2.45, 2.75) is 39.8 Å². The first-order valence-electron chi connectivity index (χ1n) is 7.05. The van der Waals surface area contributed by atoms with E-state index in [-0.39, 0.29) is 18.0 Å². The van der Waals surface area contributed by atoms with Crippen LogP contribution in [0.1, 0.15) is 27.7 Å². The zero-order valence-electron chi connectivity index (χ0n) is 13.0. The van der Waals surface area contributed by atoms with Gasteiger partial charge < -0.3 is 10.6 Å². The number of hydrogen-bond donors (Lipinski definition) is 1. The average Bonchev–Trinajstić information content (AvgIpc) is 2.40. The Hall–Kier alpha value is -1.59. The predicted octanol–water partition coefficient (Wildman–Crippen LogP) is 4.05. The molecule has 0 aliphatic carbocycles. The van der Waals surface area contributed by atoms with Gasteiger partial charge in [0.15, 0.2) is 5.82 Å². The second-order valence-electron chi connectivity index (χ2n) is 5.54. The van der Waals surface area contributed by atoms with Gasteiger partial charge in [-0.2, -0.15) is 15.0 Å². The molecule has 0 bridgehead atoms. The van der Waals surface area contributed by atoms with E-state index in [9.17, 15) is 0 Å². The topological polar surface area (TPSA) is 67.9 Å². The summed E-state index contributed by atoms with van der Waals surface area (Å²) in [4.78, 5) is 15.1. The molecule has 0 saturated carbocycles. The largest absolute Gasteiger partial charge is 0.368 e. The monoisotopic (exact) mass is 339 g/mol. The van der Waals surface area contributed by atoms with Crippen LogP contribution < -0.4 is 10.6 Å². The summed E-state index contributed by atoms with van der Waals surface area (Å²) in [6.45, 7) is 8.30. The summed E-state index contributed by atoms with van der Waals surface area (Å²) in [7, 11) is 0. The zero-order chi connectivity index (χ0) is 16.4. The van der Waals surface area contributed by atoms with E-state index in [0.29, 0.717) is 27.4 Å². The Morgan fingerprint density at radius 2 is 1.64 bits per heavy atom. The van der Waals surface area contributed by atoms with Gasteiger partial charge in [0, 0.05) is 22.7 Å². The fourth-order valence-corrected chi connectivity index (χ4v) is 2.72. The molecule has 0 amide bonds. The quantitative estimate of drug-likeness (QED) is 0.909. The molecule has 0 aliphatic rings. The van der Waals surface area contributed by atoms with Gasteiger partial charge in [-0.05, 0) is 45.9 Å². The van der Waals surface area contributed by atoms with Crippen molar-refractivity contribution >= 4 is 35.1 Å². The van der Waals surface area contributed by atoms with Gasteiger partial charge in [0.25, 0.3) is 0 Å². The number of nitrogens with zero attached hydrogens (tertiary/aromatic N) is 4. The molecule has 2 aromatic rings. The smallest absolute Gasteiger partial charge is 0.231 e. The van der Waals surface area contributed by atoms with Gasteiger partial charge in [0.2, 0.25) is 11.9 Å². The van der Waals surface area contributed by atoms with E-state index in [2.05, 4.69) is 47.5 Å². The van der Waals surface area contributed by atoms with Gasteiger partial charge >= 0.3 is 0 Å². The van der Waals surface area contributed by atoms with Crippen LogP contribution in [0.4, 0.5) is 11.9 Å². The average molecular weight is 340 g/mol. The maximum Gasteiger partial charge on any atom is 0.231 e. The lowest BCUT2D eigenvalue weighted by Crippen LogP contribution is -2.38. The van der Waals surface area contributed by atoms with Crippen molar-refractivity contribution < 1.29 is 0 Å². The van der Waals surface area contributed by atoms with Gasteiger partial charge in [-0.25, -0.2) is 0 Å². The minimum atomic E-state index is 0.155. The molecule has 0 saturated heterocycles. The number of benzene rings is 1. The number of hydrogen-bond acceptors (Lipinski definition) is 5. The van der Waals surface area contributed by atoms with Crippen molar-refractivity contribution in [3.05, 3.63) is 28.2 Å². The van der Waals surface area contributed by atoms with Gasteiger partial charge in [-0.1, -0.05) is 23.2 Å². The van der Waals surface area contributed by atoms with Crippen molar-refractivity contribution in [2.24, 2.45) is 0 Å². The Bertz CT molecular complexity index is 665. The fourth-order valence-electron chi connectivity index (χ4n) is 2.34. The number of nitrogens with two attached hydrogens (primary N) is 1. The number of halogens is 2. The summed E-state index contributed by atoms with van der Waals surface area (Å²) in [5.74, 6) is 1.10. The molecule has 1 aromatic heterocycles. The first-order chi connectivity index (χ1) is 10.3. The Kier molecular flexibility index (Phi) is 5.08. The molecule has 0 aliphatic heterocycles. The van der Waals surface area contributed by atoms with Crippen molar-refractivity contribution in [3.8, 4) is 11.4 Å². The standard InChI is InChI=1S/C15H19Cl2N5/c1-8(2)22(9(3)4)15-20-13(19-14(18)21-15)11-7-10(16)5-6-12(11)17/h5-9H,1-4H3,(H2,18,19,20,21). The number of aromatic nitrogens is 3. The van der Waals surface area contributed by atoms with Crippen LogP contribution in [0.2, 0.25) is 10.0 Å². The molecule has 0 fully saturated rings. The molecule has 0 unspecified atom stereocenters. The number of nitrogen functional groups attached to an aromatic ring is 1. The van der Waals surface area contributed by atoms with Crippen molar-refractivity contribution in [1.29, 1.82) is 0 Å². The van der Waals surface area contributed by atoms with E-state index in [4.69, 9.17) is 28.9 Å². The van der Waals surface area contributed by atoms with Crippen LogP contribution >= 0.6 is 23.2 Å². The molecule has 2 N–H and O–H groups in total. The molecular formula is C15H19Cl2N5. The van der Waals surface area contributed by atoms with E-state index >= 15 is 0 Å². The lowest BCUT2D eigenvalue weighted by molar-refractivity contribution is 0.590. The van der Waals surface area contributed by atoms with E-state index in [1.807, 2.05) is 0 Å². The first kappa shape index (κ1) is 16.8. The Balaban J connectivity index is 2.58. The first-order valence-corrected chi connectivity index (χ1v) is 7.80. The Morgan fingerprint density at radius 3 is 2.23 bits per heavy atom. The molecule has 7 heteroatoms. The molecule has 1 aromatic carbocycles. The number of rotatable bonds is 4. The van der Waals surface area contributed by atoms with E-state index in [0.717, 1.165) is 0 Å². The highest BCUT2D eigenvalue weighted by atomic mass is 35.5. The van der Waals surface area contributed by atoms with Gasteiger partial charge in [0.05, 0.1) is 5.02 Å². The van der Waals surface area contributed by atoms with Crippen molar-refractivity contribution in [2.75, 3.05) is 10.6 Å². The summed E-state index contributed by atoms with van der Waals surface area (Å²) in [6, 6.07) is 5.60. The molecule has 0 radical (unpaired) electrons. The van der Waals surface area contributed by atoms with Crippen molar-refractivity contribution in [3.63, 3.8) is 0 Å². The normalized spacial score (nSPS) is 11.3. The Labute approximate surface area is 140 Å². The molecule has 5 nitrogen and oxygen atoms in total. The van der Waals surface area contributed by atoms with Crippen LogP contribution in [0.5, 0.6) is 0 Å². The van der Waals surface area contributed by atoms with Crippen molar-refractivity contribution in [1.82, 2.24) is 15.0 Å². The third-order valence-electron chi connectivity index (χ3n) is 3.15. The molecule has 22 heavy (non-hydrogen) atoms. The van der Waals surface area contributed by atoms with Crippen LogP contribution in [0.15, 0.2) is 18.2 Å². The lowest BCUT2D eigenvalue weighted by atomic mass is 10.2. The second-order valence-corrected chi connectivity index (χ2v) is 6.38. The third kappa shape index (κ3) is 3.59. The molecule has 2 rings (SSSR count). The number of anilines is 2. The van der Waals surface area contributed by atoms with Crippen LogP contribution in [0, 0.1) is 0 Å². The van der Waals surface area contributed by atoms with Crippen LogP contribution in [0.3, 0.4) is 0 Å². The SMILES string of the molecule is CC(C)N(c1nc(N)nc(-c2cc(Cl)ccc2Cl)n1)C(C)C. The maximum atomic E-state index is 6.23. The van der Waals surface area contributed by atoms with Gasteiger partial charge in [-0.3, -0.25) is 0 Å². The Morgan fingerprint density at radius 1 is 1.00 bits per heavy atom. The van der Waals surface area contributed by atoms with Gasteiger partial charge in [0.1, 0.15) is 0 Å². The molecule has 1 heterocycles. The molecule has 0 atom stereocenters. The van der Waals surface area contributed by atoms with E-state index in [1.54, 1.807) is 18.2 Å². The van der Waals surface area contributed by atoms with E-state index in [1.165, 1.54) is 0 Å². The molecular weight excluding hydrogens is 321 g/mol.